The van der Waals surface area contributed by atoms with Crippen molar-refractivity contribution >= 4 is 23.7 Å². The van der Waals surface area contributed by atoms with Crippen LogP contribution in [0.2, 0.25) is 0 Å². The van der Waals surface area contributed by atoms with Crippen LogP contribution >= 0.6 is 0 Å². The summed E-state index contributed by atoms with van der Waals surface area (Å²) in [6.07, 6.45) is -0.524. The Labute approximate surface area is 129 Å². The van der Waals surface area contributed by atoms with Gasteiger partial charge in [-0.3, -0.25) is 19.2 Å². The van der Waals surface area contributed by atoms with Crippen molar-refractivity contribution in [1.82, 2.24) is 0 Å². The molecule has 1 fully saturated rings. The van der Waals surface area contributed by atoms with E-state index in [-0.39, 0.29) is 44.9 Å². The average Bonchev–Trinajstić information content (AvgIpc) is 2.78. The highest BCUT2D eigenvalue weighted by molar-refractivity contribution is 6.07. The molecule has 1 aliphatic carbocycles. The van der Waals surface area contributed by atoms with E-state index >= 15 is 0 Å². The van der Waals surface area contributed by atoms with Gasteiger partial charge >= 0.3 is 17.9 Å². The molecule has 1 aliphatic rings. The number of carbonyl (C=O) groups is 4. The quantitative estimate of drug-likeness (QED) is 0.393. The molecular formula is C15H22O7. The van der Waals surface area contributed by atoms with Gasteiger partial charge in [0, 0.05) is 12.3 Å². The van der Waals surface area contributed by atoms with Crippen LogP contribution in [0.15, 0.2) is 0 Å². The third-order valence-electron chi connectivity index (χ3n) is 3.58. The van der Waals surface area contributed by atoms with Crippen LogP contribution in [0.1, 0.15) is 40.0 Å². The lowest BCUT2D eigenvalue weighted by Gasteiger charge is -2.23. The van der Waals surface area contributed by atoms with Crippen molar-refractivity contribution in [2.24, 2.45) is 11.3 Å². The SMILES string of the molecule is CCOC(=O)CC1CC(C(=O)OCC)(C(=O)OCC)CC1=O. The van der Waals surface area contributed by atoms with Gasteiger partial charge in [0.05, 0.1) is 26.2 Å². The lowest BCUT2D eigenvalue weighted by atomic mass is 9.84. The van der Waals surface area contributed by atoms with E-state index in [0.29, 0.717) is 0 Å². The van der Waals surface area contributed by atoms with Crippen molar-refractivity contribution < 1.29 is 33.4 Å². The van der Waals surface area contributed by atoms with Crippen LogP contribution < -0.4 is 0 Å². The molecule has 0 radical (unpaired) electrons. The molecule has 0 aliphatic heterocycles. The standard InChI is InChI=1S/C15H22O7/c1-4-20-12(17)7-10-8-15(9-11(10)16,13(18)21-5-2)14(19)22-6-3/h10H,4-9H2,1-3H3. The molecule has 0 N–H and O–H groups in total. The van der Waals surface area contributed by atoms with E-state index in [1.54, 1.807) is 20.8 Å². The highest BCUT2D eigenvalue weighted by Gasteiger charge is 2.57. The van der Waals surface area contributed by atoms with E-state index in [1.807, 2.05) is 0 Å². The molecule has 124 valence electrons. The van der Waals surface area contributed by atoms with Gasteiger partial charge in [0.25, 0.3) is 0 Å². The number of ketones is 1. The maximum absolute atomic E-state index is 12.2. The summed E-state index contributed by atoms with van der Waals surface area (Å²) in [5.41, 5.74) is -1.64. The molecule has 0 bridgehead atoms. The lowest BCUT2D eigenvalue weighted by molar-refractivity contribution is -0.172. The lowest BCUT2D eigenvalue weighted by Crippen LogP contribution is -2.40. The third-order valence-corrected chi connectivity index (χ3v) is 3.58. The summed E-state index contributed by atoms with van der Waals surface area (Å²) in [5.74, 6) is -3.12. The van der Waals surface area contributed by atoms with Crippen LogP contribution in [0.3, 0.4) is 0 Å². The summed E-state index contributed by atoms with van der Waals surface area (Å²) in [7, 11) is 0. The Balaban J connectivity index is 2.95. The second kappa shape index (κ2) is 7.91. The van der Waals surface area contributed by atoms with E-state index in [0.717, 1.165) is 0 Å². The van der Waals surface area contributed by atoms with Gasteiger partial charge in [0.15, 0.2) is 5.41 Å². The van der Waals surface area contributed by atoms with E-state index < -0.39 is 29.2 Å². The molecule has 1 saturated carbocycles. The van der Waals surface area contributed by atoms with E-state index in [2.05, 4.69) is 0 Å². The van der Waals surface area contributed by atoms with Crippen molar-refractivity contribution in [2.45, 2.75) is 40.0 Å². The summed E-state index contributed by atoms with van der Waals surface area (Å²) in [6.45, 7) is 5.29. The van der Waals surface area contributed by atoms with Crippen molar-refractivity contribution in [3.8, 4) is 0 Å². The molecule has 0 saturated heterocycles. The largest absolute Gasteiger partial charge is 0.466 e. The zero-order valence-electron chi connectivity index (χ0n) is 13.2. The van der Waals surface area contributed by atoms with Crippen LogP contribution in [0.5, 0.6) is 0 Å². The van der Waals surface area contributed by atoms with E-state index in [4.69, 9.17) is 14.2 Å². The van der Waals surface area contributed by atoms with Crippen LogP contribution in [-0.2, 0) is 33.4 Å². The van der Waals surface area contributed by atoms with Crippen molar-refractivity contribution in [1.29, 1.82) is 0 Å². The number of rotatable bonds is 7. The summed E-state index contributed by atoms with van der Waals surface area (Å²) >= 11 is 0. The highest BCUT2D eigenvalue weighted by Crippen LogP contribution is 2.43. The first kappa shape index (κ1) is 18.1. The van der Waals surface area contributed by atoms with Gasteiger partial charge in [-0.15, -0.1) is 0 Å². The molecule has 0 heterocycles. The predicted octanol–water partition coefficient (Wildman–Crippen LogP) is 1.03. The minimum absolute atomic E-state index is 0.0810. The molecule has 0 aromatic carbocycles. The van der Waals surface area contributed by atoms with Gasteiger partial charge in [0.2, 0.25) is 0 Å². The Morgan fingerprint density at radius 3 is 1.95 bits per heavy atom. The Bertz CT molecular complexity index is 437. The van der Waals surface area contributed by atoms with Gasteiger partial charge < -0.3 is 14.2 Å². The molecule has 0 aromatic heterocycles. The monoisotopic (exact) mass is 314 g/mol. The summed E-state index contributed by atoms with van der Waals surface area (Å²) in [5, 5.41) is 0. The maximum atomic E-state index is 12.2. The minimum Gasteiger partial charge on any atom is -0.466 e. The van der Waals surface area contributed by atoms with Crippen LogP contribution in [-0.4, -0.2) is 43.5 Å². The zero-order chi connectivity index (χ0) is 16.8. The van der Waals surface area contributed by atoms with Crippen molar-refractivity contribution in [3.05, 3.63) is 0 Å². The Hall–Kier alpha value is -1.92. The van der Waals surface area contributed by atoms with Gasteiger partial charge in [0.1, 0.15) is 5.78 Å². The Morgan fingerprint density at radius 1 is 1.00 bits per heavy atom. The molecule has 7 nitrogen and oxygen atoms in total. The molecule has 22 heavy (non-hydrogen) atoms. The molecule has 1 rings (SSSR count). The molecular weight excluding hydrogens is 292 g/mol. The first-order valence-electron chi connectivity index (χ1n) is 7.44. The fraction of sp³-hybridized carbons (Fsp3) is 0.733. The summed E-state index contributed by atoms with van der Waals surface area (Å²) < 4.78 is 14.7. The normalized spacial score (nSPS) is 19.6. The number of carbonyl (C=O) groups excluding carboxylic acids is 4. The summed E-state index contributed by atoms with van der Waals surface area (Å²) in [6, 6.07) is 0. The second-order valence-electron chi connectivity index (χ2n) is 5.08. The zero-order valence-corrected chi connectivity index (χ0v) is 13.2. The average molecular weight is 314 g/mol. The molecule has 0 spiro atoms. The molecule has 7 heteroatoms. The molecule has 1 atom stereocenters. The predicted molar refractivity (Wildman–Crippen MR) is 74.7 cm³/mol. The number of hydrogen-bond acceptors (Lipinski definition) is 7. The number of hydrogen-bond donors (Lipinski definition) is 0. The highest BCUT2D eigenvalue weighted by atomic mass is 16.6. The minimum atomic E-state index is -1.64. The Kier molecular flexibility index (Phi) is 6.52. The fourth-order valence-electron chi connectivity index (χ4n) is 2.59. The van der Waals surface area contributed by atoms with Gasteiger partial charge in [-0.2, -0.15) is 0 Å². The first-order valence-corrected chi connectivity index (χ1v) is 7.44. The number of Topliss-reactive ketones (excluding diaryl/α,β-unsaturated/α-hetero) is 1. The van der Waals surface area contributed by atoms with Gasteiger partial charge in [-0.1, -0.05) is 0 Å². The number of esters is 3. The molecule has 1 unspecified atom stereocenters. The fourth-order valence-corrected chi connectivity index (χ4v) is 2.59. The van der Waals surface area contributed by atoms with Crippen molar-refractivity contribution in [3.63, 3.8) is 0 Å². The van der Waals surface area contributed by atoms with Gasteiger partial charge in [-0.25, -0.2) is 0 Å². The Morgan fingerprint density at radius 2 is 1.50 bits per heavy atom. The third kappa shape index (κ3) is 3.84. The van der Waals surface area contributed by atoms with Crippen LogP contribution in [0.4, 0.5) is 0 Å². The van der Waals surface area contributed by atoms with Crippen LogP contribution in [0, 0.1) is 11.3 Å². The maximum Gasteiger partial charge on any atom is 0.323 e. The summed E-state index contributed by atoms with van der Waals surface area (Å²) in [4.78, 5) is 48.1. The van der Waals surface area contributed by atoms with Crippen LogP contribution in [0.25, 0.3) is 0 Å². The molecule has 0 aromatic rings. The molecule has 0 amide bonds. The second-order valence-corrected chi connectivity index (χ2v) is 5.08. The van der Waals surface area contributed by atoms with Crippen molar-refractivity contribution in [2.75, 3.05) is 19.8 Å². The van der Waals surface area contributed by atoms with Gasteiger partial charge in [-0.05, 0) is 27.2 Å². The topological polar surface area (TPSA) is 96.0 Å². The number of ether oxygens (including phenoxy) is 3. The van der Waals surface area contributed by atoms with E-state index in [9.17, 15) is 19.2 Å². The smallest absolute Gasteiger partial charge is 0.323 e. The first-order chi connectivity index (χ1) is 10.4. The van der Waals surface area contributed by atoms with E-state index in [1.165, 1.54) is 0 Å².